The third-order valence-corrected chi connectivity index (χ3v) is 6.21. The molecule has 1 unspecified atom stereocenters. The van der Waals surface area contributed by atoms with E-state index in [4.69, 9.17) is 23.1 Å². The number of carbonyl (C=O) groups excluding carboxylic acids is 1. The highest BCUT2D eigenvalue weighted by Gasteiger charge is 2.27. The molecule has 1 saturated heterocycles. The Balaban J connectivity index is 1.82. The van der Waals surface area contributed by atoms with Crippen LogP contribution in [0.1, 0.15) is 42.1 Å². The third-order valence-electron chi connectivity index (χ3n) is 5.98. The molecule has 1 heterocycles. The Labute approximate surface area is 182 Å². The molecule has 0 bridgehead atoms. The van der Waals surface area contributed by atoms with E-state index >= 15 is 0 Å². The molecule has 0 radical (unpaired) electrons. The normalized spacial score (nSPS) is 16.4. The second-order valence-electron chi connectivity index (χ2n) is 7.97. The fraction of sp³-hybridized carbons (Fsp3) is 0.435. The average Bonchev–Trinajstić information content (AvgIpc) is 2.75. The molecular formula is C23H30ClFN4O. The number of primary amides is 1. The first kappa shape index (κ1) is 22.5. The predicted molar refractivity (Wildman–Crippen MR) is 120 cm³/mol. The molecule has 0 saturated carbocycles. The molecule has 0 spiro atoms. The van der Waals surface area contributed by atoms with E-state index in [0.717, 1.165) is 38.0 Å². The number of nitrogens with zero attached hydrogens (tertiary/aromatic N) is 2. The third kappa shape index (κ3) is 5.50. The van der Waals surface area contributed by atoms with E-state index in [1.807, 2.05) is 12.1 Å². The first-order chi connectivity index (χ1) is 14.4. The Morgan fingerprint density at radius 1 is 1.23 bits per heavy atom. The zero-order valence-corrected chi connectivity index (χ0v) is 18.1. The van der Waals surface area contributed by atoms with Crippen LogP contribution in [0.25, 0.3) is 0 Å². The molecular weight excluding hydrogens is 403 g/mol. The van der Waals surface area contributed by atoms with Crippen molar-refractivity contribution in [1.29, 1.82) is 0 Å². The molecule has 7 heteroatoms. The summed E-state index contributed by atoms with van der Waals surface area (Å²) in [6, 6.07) is 12.6. The molecule has 1 aliphatic rings. The van der Waals surface area contributed by atoms with Gasteiger partial charge in [0.1, 0.15) is 5.82 Å². The summed E-state index contributed by atoms with van der Waals surface area (Å²) in [5.41, 5.74) is 13.0. The van der Waals surface area contributed by atoms with Gasteiger partial charge in [-0.2, -0.15) is 0 Å². The predicted octanol–water partition coefficient (Wildman–Crippen LogP) is 3.79. The standard InChI is InChI=1S/C23H30ClFN4O/c1-16(8-11-26)28-12-9-21(10-13-28)29(15-18-14-19(24)4-7-22(18)25)20-5-2-17(3-6-20)23(27)30/h2-7,14,16,21H,8-13,15,26H2,1H3,(H2,27,30). The number of hydrogen-bond donors (Lipinski definition) is 2. The molecule has 2 aromatic carbocycles. The lowest BCUT2D eigenvalue weighted by Crippen LogP contribution is -2.47. The zero-order valence-electron chi connectivity index (χ0n) is 17.4. The van der Waals surface area contributed by atoms with Gasteiger partial charge < -0.3 is 21.3 Å². The summed E-state index contributed by atoms with van der Waals surface area (Å²) in [5, 5.41) is 0.515. The zero-order chi connectivity index (χ0) is 21.7. The van der Waals surface area contributed by atoms with Gasteiger partial charge in [0.05, 0.1) is 0 Å². The number of nitrogens with two attached hydrogens (primary N) is 2. The van der Waals surface area contributed by atoms with Crippen LogP contribution in [0.2, 0.25) is 5.02 Å². The Bertz CT molecular complexity index is 853. The summed E-state index contributed by atoms with van der Waals surface area (Å²) in [6.45, 7) is 5.26. The number of amides is 1. The largest absolute Gasteiger partial charge is 0.366 e. The number of piperidine rings is 1. The highest BCUT2D eigenvalue weighted by molar-refractivity contribution is 6.30. The van der Waals surface area contributed by atoms with E-state index in [1.54, 1.807) is 24.3 Å². The maximum atomic E-state index is 14.5. The van der Waals surface area contributed by atoms with E-state index in [1.165, 1.54) is 6.07 Å². The summed E-state index contributed by atoms with van der Waals surface area (Å²) >= 11 is 6.12. The van der Waals surface area contributed by atoms with Gasteiger partial charge in [-0.25, -0.2) is 4.39 Å². The Hall–Kier alpha value is -2.15. The quantitative estimate of drug-likeness (QED) is 0.665. The molecule has 0 aromatic heterocycles. The van der Waals surface area contributed by atoms with E-state index in [-0.39, 0.29) is 11.9 Å². The van der Waals surface area contributed by atoms with Crippen LogP contribution < -0.4 is 16.4 Å². The van der Waals surface area contributed by atoms with Crippen LogP contribution in [0, 0.1) is 5.82 Å². The lowest BCUT2D eigenvalue weighted by Gasteiger charge is -2.42. The molecule has 1 atom stereocenters. The highest BCUT2D eigenvalue weighted by atomic mass is 35.5. The minimum atomic E-state index is -0.462. The second kappa shape index (κ2) is 10.2. The molecule has 1 amide bonds. The molecule has 2 aromatic rings. The van der Waals surface area contributed by atoms with Gasteiger partial charge in [-0.3, -0.25) is 4.79 Å². The summed E-state index contributed by atoms with van der Waals surface area (Å²) in [6.07, 6.45) is 2.92. The number of anilines is 1. The minimum Gasteiger partial charge on any atom is -0.366 e. The lowest BCUT2D eigenvalue weighted by atomic mass is 9.99. The van der Waals surface area contributed by atoms with Gasteiger partial charge in [0.25, 0.3) is 0 Å². The lowest BCUT2D eigenvalue weighted by molar-refractivity contribution is 0.100. The molecule has 162 valence electrons. The molecule has 5 nitrogen and oxygen atoms in total. The average molecular weight is 433 g/mol. The van der Waals surface area contributed by atoms with Crippen LogP contribution in [0.5, 0.6) is 0 Å². The molecule has 1 aliphatic heterocycles. The van der Waals surface area contributed by atoms with Gasteiger partial charge in [0, 0.05) is 53.6 Å². The smallest absolute Gasteiger partial charge is 0.248 e. The molecule has 30 heavy (non-hydrogen) atoms. The molecule has 3 rings (SSSR count). The van der Waals surface area contributed by atoms with Gasteiger partial charge >= 0.3 is 0 Å². The maximum Gasteiger partial charge on any atom is 0.248 e. The maximum absolute atomic E-state index is 14.5. The van der Waals surface area contributed by atoms with Gasteiger partial charge in [0.15, 0.2) is 0 Å². The molecule has 4 N–H and O–H groups in total. The van der Waals surface area contributed by atoms with Crippen LogP contribution in [0.4, 0.5) is 10.1 Å². The summed E-state index contributed by atoms with van der Waals surface area (Å²) in [5.74, 6) is -0.733. The number of likely N-dealkylation sites (tertiary alicyclic amines) is 1. The van der Waals surface area contributed by atoms with Gasteiger partial charge in [-0.1, -0.05) is 11.6 Å². The fourth-order valence-electron chi connectivity index (χ4n) is 4.16. The number of hydrogen-bond acceptors (Lipinski definition) is 4. The van der Waals surface area contributed by atoms with Crippen molar-refractivity contribution in [3.8, 4) is 0 Å². The van der Waals surface area contributed by atoms with Gasteiger partial charge in [-0.15, -0.1) is 0 Å². The van der Waals surface area contributed by atoms with E-state index < -0.39 is 5.91 Å². The molecule has 0 aliphatic carbocycles. The van der Waals surface area contributed by atoms with Crippen molar-refractivity contribution in [1.82, 2.24) is 4.90 Å². The summed E-state index contributed by atoms with van der Waals surface area (Å²) in [4.78, 5) is 16.1. The van der Waals surface area contributed by atoms with E-state index in [9.17, 15) is 9.18 Å². The summed E-state index contributed by atoms with van der Waals surface area (Å²) in [7, 11) is 0. The first-order valence-corrected chi connectivity index (χ1v) is 10.8. The monoisotopic (exact) mass is 432 g/mol. The van der Waals surface area contributed by atoms with Crippen molar-refractivity contribution in [2.75, 3.05) is 24.5 Å². The van der Waals surface area contributed by atoms with Crippen molar-refractivity contribution in [3.63, 3.8) is 0 Å². The fourth-order valence-corrected chi connectivity index (χ4v) is 4.35. The van der Waals surface area contributed by atoms with Crippen LogP contribution in [-0.2, 0) is 6.54 Å². The van der Waals surface area contributed by atoms with Crippen LogP contribution in [-0.4, -0.2) is 42.5 Å². The number of benzene rings is 2. The first-order valence-electron chi connectivity index (χ1n) is 10.4. The van der Waals surface area contributed by atoms with Gasteiger partial charge in [0.2, 0.25) is 5.91 Å². The topological polar surface area (TPSA) is 75.6 Å². The molecule has 1 fully saturated rings. The van der Waals surface area contributed by atoms with Crippen LogP contribution >= 0.6 is 11.6 Å². The minimum absolute atomic E-state index is 0.254. The van der Waals surface area contributed by atoms with Gasteiger partial charge in [-0.05, 0) is 75.2 Å². The SMILES string of the molecule is CC(CCN)N1CCC(N(Cc2cc(Cl)ccc2F)c2ccc(C(N)=O)cc2)CC1. The number of halogens is 2. The Kier molecular flexibility index (Phi) is 7.69. The highest BCUT2D eigenvalue weighted by Crippen LogP contribution is 2.28. The van der Waals surface area contributed by atoms with Crippen molar-refractivity contribution in [3.05, 3.63) is 64.4 Å². The Morgan fingerprint density at radius 2 is 1.90 bits per heavy atom. The Morgan fingerprint density at radius 3 is 2.50 bits per heavy atom. The van der Waals surface area contributed by atoms with E-state index in [2.05, 4.69) is 16.7 Å². The van der Waals surface area contributed by atoms with Crippen LogP contribution in [0.3, 0.4) is 0 Å². The second-order valence-corrected chi connectivity index (χ2v) is 8.40. The van der Waals surface area contributed by atoms with Crippen molar-refractivity contribution in [2.45, 2.75) is 44.8 Å². The van der Waals surface area contributed by atoms with E-state index in [0.29, 0.717) is 35.3 Å². The van der Waals surface area contributed by atoms with Crippen LogP contribution in [0.15, 0.2) is 42.5 Å². The number of rotatable bonds is 8. The van der Waals surface area contributed by atoms with Crippen molar-refractivity contribution >= 4 is 23.2 Å². The number of carbonyl (C=O) groups is 1. The van der Waals surface area contributed by atoms with Crippen molar-refractivity contribution < 1.29 is 9.18 Å². The van der Waals surface area contributed by atoms with Crippen molar-refractivity contribution in [2.24, 2.45) is 11.5 Å². The summed E-state index contributed by atoms with van der Waals surface area (Å²) < 4.78 is 14.5.